The van der Waals surface area contributed by atoms with Crippen LogP contribution in [0.15, 0.2) is 42.5 Å². The minimum Gasteiger partial charge on any atom is -0.320 e. The minimum absolute atomic E-state index is 0. The van der Waals surface area contributed by atoms with Gasteiger partial charge in [0.2, 0.25) is 0 Å². The molecule has 5 nitrogen and oxygen atoms in total. The van der Waals surface area contributed by atoms with Crippen LogP contribution in [0.2, 0.25) is 0 Å². The number of fused-ring (bicyclic) bond motifs is 3. The van der Waals surface area contributed by atoms with E-state index < -0.39 is 17.9 Å². The van der Waals surface area contributed by atoms with Crippen molar-refractivity contribution in [2.75, 3.05) is 5.01 Å². The van der Waals surface area contributed by atoms with Gasteiger partial charge in [0.05, 0.1) is 17.6 Å². The van der Waals surface area contributed by atoms with Gasteiger partial charge in [-0.15, -0.1) is 12.4 Å². The Morgan fingerprint density at radius 1 is 1.24 bits per heavy atom. The molecule has 132 valence electrons. The van der Waals surface area contributed by atoms with Gasteiger partial charge in [0.25, 0.3) is 11.8 Å². The Hall–Kier alpha value is -2.44. The number of nitrogens with one attached hydrogen (secondary N) is 1. The molecule has 0 saturated carbocycles. The molecule has 0 saturated heterocycles. The first-order valence-corrected chi connectivity index (χ1v) is 7.69. The number of nitrogens with zero attached hydrogens (tertiary/aromatic N) is 1. The highest BCUT2D eigenvalue weighted by atomic mass is 35.5. The molecule has 0 bridgehead atoms. The molecule has 0 fully saturated rings. The van der Waals surface area contributed by atoms with Crippen molar-refractivity contribution < 1.29 is 14.0 Å². The molecule has 2 atom stereocenters. The predicted molar refractivity (Wildman–Crippen MR) is 96.8 cm³/mol. The lowest BCUT2D eigenvalue weighted by molar-refractivity contribution is -0.127. The van der Waals surface area contributed by atoms with E-state index in [0.717, 1.165) is 0 Å². The second-order valence-electron chi connectivity index (χ2n) is 5.91. The van der Waals surface area contributed by atoms with Gasteiger partial charge in [-0.2, -0.15) is 0 Å². The van der Waals surface area contributed by atoms with Gasteiger partial charge in [-0.25, -0.2) is 9.40 Å². The minimum atomic E-state index is -0.761. The fraction of sp³-hybridized carbons (Fsp3) is 0.222. The summed E-state index contributed by atoms with van der Waals surface area (Å²) in [6.07, 6.45) is 0. The van der Waals surface area contributed by atoms with Crippen LogP contribution in [0.25, 0.3) is 11.1 Å². The zero-order valence-electron chi connectivity index (χ0n) is 13.8. The summed E-state index contributed by atoms with van der Waals surface area (Å²) in [6.45, 7) is 3.27. The average Bonchev–Trinajstić information content (AvgIpc) is 2.65. The van der Waals surface area contributed by atoms with Gasteiger partial charge >= 0.3 is 0 Å². The van der Waals surface area contributed by atoms with Crippen LogP contribution in [0.5, 0.6) is 0 Å². The van der Waals surface area contributed by atoms with Crippen LogP contribution in [0.4, 0.5) is 10.1 Å². The summed E-state index contributed by atoms with van der Waals surface area (Å²) in [4.78, 5) is 24.9. The summed E-state index contributed by atoms with van der Waals surface area (Å²) in [5, 5.41) is 1.21. The van der Waals surface area contributed by atoms with Crippen LogP contribution < -0.4 is 16.2 Å². The maximum atomic E-state index is 13.8. The number of nitrogens with two attached hydrogens (primary N) is 1. The van der Waals surface area contributed by atoms with E-state index in [4.69, 9.17) is 5.73 Å². The first-order valence-electron chi connectivity index (χ1n) is 7.69. The van der Waals surface area contributed by atoms with Gasteiger partial charge in [-0.3, -0.25) is 15.0 Å². The fourth-order valence-electron chi connectivity index (χ4n) is 2.81. The summed E-state index contributed by atoms with van der Waals surface area (Å²) in [5.41, 5.74) is 10.7. The van der Waals surface area contributed by atoms with Gasteiger partial charge in [-0.1, -0.05) is 24.3 Å². The third-order valence-electron chi connectivity index (χ3n) is 4.14. The van der Waals surface area contributed by atoms with E-state index in [1.807, 2.05) is 0 Å². The van der Waals surface area contributed by atoms with E-state index in [0.29, 0.717) is 22.4 Å². The highest BCUT2D eigenvalue weighted by Crippen LogP contribution is 2.40. The molecule has 1 aliphatic heterocycles. The Kier molecular flexibility index (Phi) is 5.45. The van der Waals surface area contributed by atoms with Gasteiger partial charge in [0, 0.05) is 5.56 Å². The smallest absolute Gasteiger partial charge is 0.255 e. The molecule has 1 aliphatic rings. The molecule has 2 aromatic carbocycles. The van der Waals surface area contributed by atoms with Crippen LogP contribution >= 0.6 is 12.4 Å². The summed E-state index contributed by atoms with van der Waals surface area (Å²) in [5.74, 6) is -1.69. The number of carbonyl (C=O) groups excluding carboxylic acids is 2. The number of halogens is 2. The van der Waals surface area contributed by atoms with Crippen molar-refractivity contribution in [2.45, 2.75) is 25.8 Å². The SMILES string of the molecule is CC1C(=O)N(NC(=O)[C@H](C)N)c2ccccc2-c2cc(F)ccc21.Cl. The Labute approximate surface area is 151 Å². The number of benzene rings is 2. The van der Waals surface area contributed by atoms with Gasteiger partial charge in [-0.05, 0) is 43.2 Å². The van der Waals surface area contributed by atoms with Crippen LogP contribution in [0.3, 0.4) is 0 Å². The maximum absolute atomic E-state index is 13.8. The van der Waals surface area contributed by atoms with E-state index in [2.05, 4.69) is 5.43 Å². The van der Waals surface area contributed by atoms with E-state index in [1.54, 1.807) is 37.3 Å². The Bertz CT molecular complexity index is 826. The zero-order valence-corrected chi connectivity index (χ0v) is 14.6. The van der Waals surface area contributed by atoms with Gasteiger partial charge in [0.1, 0.15) is 5.82 Å². The van der Waals surface area contributed by atoms with Crippen molar-refractivity contribution in [3.8, 4) is 11.1 Å². The number of rotatable bonds is 2. The van der Waals surface area contributed by atoms with E-state index >= 15 is 0 Å². The zero-order chi connectivity index (χ0) is 17.4. The summed E-state index contributed by atoms with van der Waals surface area (Å²) < 4.78 is 13.8. The maximum Gasteiger partial charge on any atom is 0.255 e. The summed E-state index contributed by atoms with van der Waals surface area (Å²) >= 11 is 0. The molecule has 0 spiro atoms. The quantitative estimate of drug-likeness (QED) is 0.861. The Morgan fingerprint density at radius 2 is 1.92 bits per heavy atom. The molecule has 25 heavy (non-hydrogen) atoms. The second-order valence-corrected chi connectivity index (χ2v) is 5.91. The van der Waals surface area contributed by atoms with Crippen LogP contribution in [-0.2, 0) is 9.59 Å². The van der Waals surface area contributed by atoms with Crippen molar-refractivity contribution in [1.82, 2.24) is 5.43 Å². The molecule has 2 aromatic rings. The highest BCUT2D eigenvalue weighted by molar-refractivity contribution is 6.06. The molecular formula is C18H19ClFN3O2. The van der Waals surface area contributed by atoms with E-state index in [9.17, 15) is 14.0 Å². The van der Waals surface area contributed by atoms with Crippen LogP contribution in [0, 0.1) is 5.82 Å². The van der Waals surface area contributed by atoms with E-state index in [1.165, 1.54) is 24.1 Å². The number of hydrogen-bond acceptors (Lipinski definition) is 3. The molecule has 2 amide bonds. The van der Waals surface area contributed by atoms with Crippen molar-refractivity contribution in [1.29, 1.82) is 0 Å². The fourth-order valence-corrected chi connectivity index (χ4v) is 2.81. The molecule has 3 rings (SSSR count). The number of hydrogen-bond donors (Lipinski definition) is 2. The molecule has 0 radical (unpaired) electrons. The summed E-state index contributed by atoms with van der Waals surface area (Å²) in [6, 6.07) is 10.7. The lowest BCUT2D eigenvalue weighted by Crippen LogP contribution is -2.52. The molecular weight excluding hydrogens is 345 g/mol. The molecule has 3 N–H and O–H groups in total. The van der Waals surface area contributed by atoms with Gasteiger partial charge < -0.3 is 5.73 Å². The van der Waals surface area contributed by atoms with Crippen LogP contribution in [-0.4, -0.2) is 17.9 Å². The van der Waals surface area contributed by atoms with Crippen molar-refractivity contribution in [3.63, 3.8) is 0 Å². The Morgan fingerprint density at radius 3 is 2.60 bits per heavy atom. The molecule has 1 heterocycles. The third kappa shape index (κ3) is 3.36. The second kappa shape index (κ2) is 7.21. The van der Waals surface area contributed by atoms with Crippen molar-refractivity contribution in [3.05, 3.63) is 53.8 Å². The summed E-state index contributed by atoms with van der Waals surface area (Å²) in [7, 11) is 0. The standard InChI is InChI=1S/C18H18FN3O2.ClH/c1-10-13-8-7-12(19)9-15(13)14-5-3-4-6-16(14)22(18(10)24)21-17(23)11(2)20;/h3-11H,20H2,1-2H3,(H,21,23);1H/t10?,11-;/m0./s1. The Balaban J connectivity index is 0.00000225. The topological polar surface area (TPSA) is 75.4 Å². The van der Waals surface area contributed by atoms with Crippen molar-refractivity contribution in [2.24, 2.45) is 5.73 Å². The number of para-hydroxylation sites is 1. The number of hydrazine groups is 1. The number of anilines is 1. The van der Waals surface area contributed by atoms with E-state index in [-0.39, 0.29) is 24.1 Å². The largest absolute Gasteiger partial charge is 0.320 e. The average molecular weight is 364 g/mol. The lowest BCUT2D eigenvalue weighted by Gasteiger charge is -2.26. The molecule has 1 unspecified atom stereocenters. The number of amides is 2. The first-order chi connectivity index (χ1) is 11.4. The highest BCUT2D eigenvalue weighted by Gasteiger charge is 2.32. The lowest BCUT2D eigenvalue weighted by atomic mass is 9.92. The third-order valence-corrected chi connectivity index (χ3v) is 4.14. The van der Waals surface area contributed by atoms with Crippen LogP contribution in [0.1, 0.15) is 25.3 Å². The molecule has 0 aliphatic carbocycles. The van der Waals surface area contributed by atoms with Gasteiger partial charge in [0.15, 0.2) is 0 Å². The number of carbonyl (C=O) groups is 2. The molecule has 7 heteroatoms. The predicted octanol–water partition coefficient (Wildman–Crippen LogP) is 2.74. The van der Waals surface area contributed by atoms with Crippen molar-refractivity contribution >= 4 is 29.9 Å². The first kappa shape index (κ1) is 18.9. The normalized spacial score (nSPS) is 16.9. The monoisotopic (exact) mass is 363 g/mol. The molecule has 0 aromatic heterocycles.